The topological polar surface area (TPSA) is 84.1 Å². The molecule has 1 aliphatic carbocycles. The number of hydrogen-bond acceptors (Lipinski definition) is 4. The minimum absolute atomic E-state index is 0.0634. The molecule has 1 aromatic heterocycles. The summed E-state index contributed by atoms with van der Waals surface area (Å²) in [7, 11) is 0. The van der Waals surface area contributed by atoms with Crippen LogP contribution in [-0.4, -0.2) is 50.2 Å². The van der Waals surface area contributed by atoms with Crippen LogP contribution in [0.1, 0.15) is 48.8 Å². The van der Waals surface area contributed by atoms with Gasteiger partial charge in [-0.25, -0.2) is 4.98 Å². The summed E-state index contributed by atoms with van der Waals surface area (Å²) >= 11 is -1.08. The Morgan fingerprint density at radius 2 is 2.06 bits per heavy atom. The Balaban J connectivity index is 1.44. The highest BCUT2D eigenvalue weighted by molar-refractivity contribution is 7.90. The van der Waals surface area contributed by atoms with Crippen molar-refractivity contribution in [3.8, 4) is 0 Å². The smallest absolute Gasteiger partial charge is 0.289 e. The number of H-pyrrole nitrogens is 1. The van der Waals surface area contributed by atoms with Crippen LogP contribution in [-0.2, 0) is 17.7 Å². The standard InChI is InChI=1S/C24H30N4O2S/c1-3-28(19-11-7-10-18(14-19)25-16-17-8-5-4-6-9-17)24(29)23-26-21-13-12-20(31(2)30)15-22(21)27-23/h4-6,8-9,12-13,15,18-19,25H,3,7,10-11,14,16H2,1-2H3,(H,26,27). The molecular weight excluding hydrogens is 408 g/mol. The first-order chi connectivity index (χ1) is 15.0. The fraction of sp³-hybridized carbons (Fsp3) is 0.417. The summed E-state index contributed by atoms with van der Waals surface area (Å²) in [6.45, 7) is 3.53. The number of rotatable bonds is 7. The van der Waals surface area contributed by atoms with Gasteiger partial charge in [-0.2, -0.15) is 0 Å². The lowest BCUT2D eigenvalue weighted by molar-refractivity contribution is 0.0617. The number of nitrogens with one attached hydrogen (secondary N) is 2. The van der Waals surface area contributed by atoms with Gasteiger partial charge in [0.15, 0.2) is 10.7 Å². The summed E-state index contributed by atoms with van der Waals surface area (Å²) in [5, 5.41) is 3.67. The molecule has 164 valence electrons. The Kier molecular flexibility index (Phi) is 6.95. The molecule has 1 saturated carbocycles. The third kappa shape index (κ3) is 5.11. The van der Waals surface area contributed by atoms with Crippen molar-refractivity contribution in [3.05, 3.63) is 59.9 Å². The molecule has 0 saturated heterocycles. The van der Waals surface area contributed by atoms with Gasteiger partial charge in [-0.15, -0.1) is 0 Å². The Hall–Kier alpha value is -2.35. The molecule has 0 aliphatic heterocycles. The molecule has 0 radical (unpaired) electrons. The average Bonchev–Trinajstić information content (AvgIpc) is 3.22. The number of amides is 1. The van der Waals surface area contributed by atoms with Gasteiger partial charge in [0.2, 0.25) is 0 Å². The van der Waals surface area contributed by atoms with Gasteiger partial charge < -0.3 is 19.8 Å². The first kappa shape index (κ1) is 21.9. The molecule has 3 atom stereocenters. The van der Waals surface area contributed by atoms with Crippen molar-refractivity contribution in [2.24, 2.45) is 0 Å². The second-order valence-corrected chi connectivity index (χ2v) is 9.57. The molecule has 0 bridgehead atoms. The summed E-state index contributed by atoms with van der Waals surface area (Å²) < 4.78 is 11.8. The third-order valence-electron chi connectivity index (χ3n) is 6.12. The van der Waals surface area contributed by atoms with Crippen LogP contribution in [0.3, 0.4) is 0 Å². The summed E-state index contributed by atoms with van der Waals surface area (Å²) in [5.41, 5.74) is 2.75. The molecule has 6 nitrogen and oxygen atoms in total. The van der Waals surface area contributed by atoms with Gasteiger partial charge >= 0.3 is 0 Å². The Morgan fingerprint density at radius 3 is 2.81 bits per heavy atom. The first-order valence-electron chi connectivity index (χ1n) is 11.0. The van der Waals surface area contributed by atoms with Crippen molar-refractivity contribution in [1.29, 1.82) is 0 Å². The van der Waals surface area contributed by atoms with Crippen LogP contribution < -0.4 is 5.32 Å². The van der Waals surface area contributed by atoms with E-state index in [4.69, 9.17) is 0 Å². The third-order valence-corrected chi connectivity index (χ3v) is 7.03. The second-order valence-electron chi connectivity index (χ2n) is 8.19. The van der Waals surface area contributed by atoms with E-state index in [1.54, 1.807) is 12.3 Å². The quantitative estimate of drug-likeness (QED) is 0.549. The van der Waals surface area contributed by atoms with Crippen LogP contribution in [0.4, 0.5) is 0 Å². The minimum atomic E-state index is -1.08. The maximum absolute atomic E-state index is 13.3. The van der Waals surface area contributed by atoms with Crippen molar-refractivity contribution < 1.29 is 9.35 Å². The number of hydrogen-bond donors (Lipinski definition) is 2. The van der Waals surface area contributed by atoms with E-state index in [-0.39, 0.29) is 11.9 Å². The van der Waals surface area contributed by atoms with Crippen LogP contribution in [0.15, 0.2) is 53.4 Å². The van der Waals surface area contributed by atoms with Gasteiger partial charge in [-0.05, 0) is 61.5 Å². The number of carbonyl (C=O) groups excluding carboxylic acids is 1. The van der Waals surface area contributed by atoms with Crippen molar-refractivity contribution in [3.63, 3.8) is 0 Å². The van der Waals surface area contributed by atoms with Crippen LogP contribution in [0, 0.1) is 0 Å². The van der Waals surface area contributed by atoms with Crippen molar-refractivity contribution in [2.45, 2.75) is 56.1 Å². The maximum Gasteiger partial charge on any atom is 0.289 e. The number of imidazole rings is 1. The molecule has 7 heteroatoms. The Morgan fingerprint density at radius 1 is 1.26 bits per heavy atom. The second kappa shape index (κ2) is 9.85. The predicted octanol–water partition coefficient (Wildman–Crippen LogP) is 3.86. The van der Waals surface area contributed by atoms with E-state index in [0.29, 0.717) is 28.8 Å². The fourth-order valence-corrected chi connectivity index (χ4v) is 5.00. The van der Waals surface area contributed by atoms with Crippen molar-refractivity contribution >= 4 is 28.1 Å². The van der Waals surface area contributed by atoms with Crippen LogP contribution in [0.2, 0.25) is 0 Å². The van der Waals surface area contributed by atoms with Crippen LogP contribution >= 0.6 is 0 Å². The maximum atomic E-state index is 13.3. The molecule has 2 N–H and O–H groups in total. The Labute approximate surface area is 186 Å². The number of fused-ring (bicyclic) bond motifs is 1. The molecule has 4 rings (SSSR count). The highest BCUT2D eigenvalue weighted by atomic mass is 32.2. The van der Waals surface area contributed by atoms with Gasteiger partial charge in [-0.1, -0.05) is 30.3 Å². The molecule has 1 aliphatic rings. The molecule has 31 heavy (non-hydrogen) atoms. The SMILES string of the molecule is CCN(C(=O)c1nc2cc([S+](C)[O-])ccc2[nH]1)C1CCCC(NCc2ccccc2)C1. The molecule has 1 heterocycles. The zero-order chi connectivity index (χ0) is 21.8. The lowest BCUT2D eigenvalue weighted by atomic mass is 9.89. The van der Waals surface area contributed by atoms with Gasteiger partial charge in [0, 0.05) is 31.2 Å². The summed E-state index contributed by atoms with van der Waals surface area (Å²) in [6, 6.07) is 16.5. The zero-order valence-electron chi connectivity index (χ0n) is 18.1. The van der Waals surface area contributed by atoms with Gasteiger partial charge in [0.1, 0.15) is 6.26 Å². The number of carbonyl (C=O) groups is 1. The van der Waals surface area contributed by atoms with Crippen LogP contribution in [0.25, 0.3) is 11.0 Å². The van der Waals surface area contributed by atoms with E-state index in [0.717, 1.165) is 37.7 Å². The lowest BCUT2D eigenvalue weighted by Gasteiger charge is -2.37. The number of nitrogens with zero attached hydrogens (tertiary/aromatic N) is 2. The van der Waals surface area contributed by atoms with Gasteiger partial charge in [-0.3, -0.25) is 4.79 Å². The van der Waals surface area contributed by atoms with E-state index >= 15 is 0 Å². The van der Waals surface area contributed by atoms with Gasteiger partial charge in [0.25, 0.3) is 5.91 Å². The van der Waals surface area contributed by atoms with Gasteiger partial charge in [0.05, 0.1) is 11.0 Å². The molecule has 1 fully saturated rings. The summed E-state index contributed by atoms with van der Waals surface area (Å²) in [5.74, 6) is 0.293. The number of aromatic nitrogens is 2. The van der Waals surface area contributed by atoms with E-state index in [1.807, 2.05) is 30.0 Å². The highest BCUT2D eigenvalue weighted by Gasteiger charge is 2.30. The van der Waals surface area contributed by atoms with E-state index in [9.17, 15) is 9.35 Å². The molecular formula is C24H30N4O2S. The zero-order valence-corrected chi connectivity index (χ0v) is 19.0. The molecule has 3 aromatic rings. The summed E-state index contributed by atoms with van der Waals surface area (Å²) in [4.78, 5) is 23.6. The summed E-state index contributed by atoms with van der Waals surface area (Å²) in [6.07, 6.45) is 5.85. The molecule has 3 unspecified atom stereocenters. The monoisotopic (exact) mass is 438 g/mol. The van der Waals surface area contributed by atoms with E-state index in [1.165, 1.54) is 5.56 Å². The van der Waals surface area contributed by atoms with E-state index < -0.39 is 11.2 Å². The normalized spacial score (nSPS) is 20.0. The molecule has 0 spiro atoms. The fourth-order valence-electron chi connectivity index (χ4n) is 4.46. The predicted molar refractivity (Wildman–Crippen MR) is 124 cm³/mol. The largest absolute Gasteiger partial charge is 0.612 e. The molecule has 1 amide bonds. The Bertz CT molecular complexity index is 1020. The minimum Gasteiger partial charge on any atom is -0.612 e. The highest BCUT2D eigenvalue weighted by Crippen LogP contribution is 2.25. The van der Waals surface area contributed by atoms with Crippen molar-refractivity contribution in [2.75, 3.05) is 12.8 Å². The van der Waals surface area contributed by atoms with Crippen molar-refractivity contribution in [1.82, 2.24) is 20.2 Å². The van der Waals surface area contributed by atoms with Crippen LogP contribution in [0.5, 0.6) is 0 Å². The number of benzene rings is 2. The average molecular weight is 439 g/mol. The molecule has 2 aromatic carbocycles. The lowest BCUT2D eigenvalue weighted by Crippen LogP contribution is -2.47. The number of aromatic amines is 1. The van der Waals surface area contributed by atoms with E-state index in [2.05, 4.69) is 39.6 Å². The first-order valence-corrected chi connectivity index (χ1v) is 12.5.